The van der Waals surface area contributed by atoms with Gasteiger partial charge in [0.2, 0.25) is 0 Å². The maximum absolute atomic E-state index is 11.0. The summed E-state index contributed by atoms with van der Waals surface area (Å²) in [5.74, 6) is 0.717. The summed E-state index contributed by atoms with van der Waals surface area (Å²) in [6, 6.07) is 12.9. The van der Waals surface area contributed by atoms with Crippen molar-refractivity contribution in [1.29, 1.82) is 0 Å². The van der Waals surface area contributed by atoms with Crippen molar-refractivity contribution >= 4 is 6.21 Å². The summed E-state index contributed by atoms with van der Waals surface area (Å²) in [5.41, 5.74) is 2.16. The molecule has 0 saturated carbocycles. The largest absolute Gasteiger partial charge is 0.508 e. The molecule has 3 aromatic rings. The van der Waals surface area contributed by atoms with E-state index in [-0.39, 0.29) is 35.4 Å². The van der Waals surface area contributed by atoms with Gasteiger partial charge in [0.25, 0.3) is 0 Å². The number of aromatic hydroxyl groups is 3. The second kappa shape index (κ2) is 9.62. The Bertz CT molecular complexity index is 1080. The number of phenolic OH excluding ortho intramolecular Hbond substituents is 3. The number of rotatable bonds is 8. The molecule has 0 saturated heterocycles. The maximum atomic E-state index is 11.0. The number of phenols is 3. The van der Waals surface area contributed by atoms with Gasteiger partial charge in [-0.05, 0) is 41.5 Å². The summed E-state index contributed by atoms with van der Waals surface area (Å²) >= 11 is 0. The zero-order valence-corrected chi connectivity index (χ0v) is 17.3. The minimum atomic E-state index is -0.148. The topological polar surface area (TPSA) is 110 Å². The van der Waals surface area contributed by atoms with Crippen LogP contribution in [0.5, 0.6) is 34.5 Å². The van der Waals surface area contributed by atoms with E-state index in [0.717, 1.165) is 5.56 Å². The molecule has 0 radical (unpaired) electrons. The fourth-order valence-electron chi connectivity index (χ4n) is 3.16. The highest BCUT2D eigenvalue weighted by atomic mass is 16.6. The van der Waals surface area contributed by atoms with Crippen LogP contribution in [0.15, 0.2) is 53.7 Å². The van der Waals surface area contributed by atoms with Crippen molar-refractivity contribution in [1.82, 2.24) is 0 Å². The van der Waals surface area contributed by atoms with Crippen LogP contribution in [0.25, 0.3) is 22.3 Å². The van der Waals surface area contributed by atoms with E-state index in [0.29, 0.717) is 22.4 Å². The lowest BCUT2D eigenvalue weighted by Crippen LogP contribution is -1.99. The predicted octanol–water partition coefficient (Wildman–Crippen LogP) is 4.17. The molecule has 162 valence electrons. The number of oxime groups is 1. The Hall–Kier alpha value is -4.07. The zero-order valence-electron chi connectivity index (χ0n) is 17.3. The summed E-state index contributed by atoms with van der Waals surface area (Å²) in [6.45, 7) is 0.116. The molecule has 3 rings (SSSR count). The first-order valence-corrected chi connectivity index (χ1v) is 9.28. The number of ether oxygens (including phenoxy) is 3. The molecule has 0 bridgehead atoms. The van der Waals surface area contributed by atoms with Gasteiger partial charge in [-0.25, -0.2) is 0 Å². The third-order valence-electron chi connectivity index (χ3n) is 4.56. The van der Waals surface area contributed by atoms with Crippen LogP contribution in [-0.2, 0) is 4.84 Å². The van der Waals surface area contributed by atoms with E-state index in [2.05, 4.69) is 9.99 Å². The van der Waals surface area contributed by atoms with Crippen molar-refractivity contribution in [2.45, 2.75) is 0 Å². The molecule has 31 heavy (non-hydrogen) atoms. The van der Waals surface area contributed by atoms with Crippen molar-refractivity contribution < 1.29 is 34.4 Å². The average Bonchev–Trinajstić information content (AvgIpc) is 2.77. The molecule has 0 aromatic heterocycles. The van der Waals surface area contributed by atoms with Gasteiger partial charge in [0.15, 0.2) is 23.0 Å². The quantitative estimate of drug-likeness (QED) is 0.367. The van der Waals surface area contributed by atoms with E-state index >= 15 is 0 Å². The van der Waals surface area contributed by atoms with Gasteiger partial charge in [-0.15, -0.1) is 0 Å². The minimum absolute atomic E-state index is 0.116. The number of nitrogens with zero attached hydrogens (tertiary/aromatic N) is 1. The first kappa shape index (κ1) is 21.6. The van der Waals surface area contributed by atoms with Crippen LogP contribution in [0.2, 0.25) is 0 Å². The summed E-state index contributed by atoms with van der Waals surface area (Å²) in [6.07, 6.45) is 1.41. The number of methoxy groups -OCH3 is 2. The van der Waals surface area contributed by atoms with E-state index in [1.54, 1.807) is 42.5 Å². The number of benzene rings is 3. The summed E-state index contributed by atoms with van der Waals surface area (Å²) < 4.78 is 16.4. The smallest absolute Gasteiger partial charge is 0.170 e. The Morgan fingerprint density at radius 3 is 2.16 bits per heavy atom. The molecular formula is C23H23NO7. The normalized spacial score (nSPS) is 10.8. The molecule has 0 heterocycles. The minimum Gasteiger partial charge on any atom is -0.508 e. The highest BCUT2D eigenvalue weighted by Crippen LogP contribution is 2.50. The van der Waals surface area contributed by atoms with Gasteiger partial charge >= 0.3 is 0 Å². The van der Waals surface area contributed by atoms with Gasteiger partial charge in [0.1, 0.15) is 25.2 Å². The highest BCUT2D eigenvalue weighted by Gasteiger charge is 2.22. The summed E-state index contributed by atoms with van der Waals surface area (Å²) in [5, 5.41) is 34.5. The number of hydrogen-bond acceptors (Lipinski definition) is 8. The Balaban J connectivity index is 2.06. The molecule has 3 aromatic carbocycles. The van der Waals surface area contributed by atoms with E-state index in [9.17, 15) is 15.3 Å². The van der Waals surface area contributed by atoms with Crippen LogP contribution in [0, 0.1) is 0 Å². The molecule has 0 aliphatic carbocycles. The second-order valence-corrected chi connectivity index (χ2v) is 6.39. The van der Waals surface area contributed by atoms with Crippen LogP contribution < -0.4 is 14.2 Å². The lowest BCUT2D eigenvalue weighted by molar-refractivity contribution is 0.212. The Morgan fingerprint density at radius 1 is 0.839 bits per heavy atom. The molecular weight excluding hydrogens is 402 g/mol. The fourth-order valence-corrected chi connectivity index (χ4v) is 3.16. The van der Waals surface area contributed by atoms with Crippen molar-refractivity contribution in [2.24, 2.45) is 5.16 Å². The lowest BCUT2D eigenvalue weighted by atomic mass is 9.96. The first-order chi connectivity index (χ1) is 15.0. The lowest BCUT2D eigenvalue weighted by Gasteiger charge is -2.18. The van der Waals surface area contributed by atoms with Gasteiger partial charge in [0, 0.05) is 5.56 Å². The molecule has 0 aliphatic heterocycles. The van der Waals surface area contributed by atoms with Gasteiger partial charge in [-0.3, -0.25) is 0 Å². The highest BCUT2D eigenvalue weighted by molar-refractivity contribution is 5.88. The third-order valence-corrected chi connectivity index (χ3v) is 4.56. The monoisotopic (exact) mass is 425 g/mol. The second-order valence-electron chi connectivity index (χ2n) is 6.39. The molecule has 0 spiro atoms. The van der Waals surface area contributed by atoms with E-state index in [1.807, 2.05) is 0 Å². The van der Waals surface area contributed by atoms with Crippen LogP contribution in [0.3, 0.4) is 0 Å². The van der Waals surface area contributed by atoms with Crippen molar-refractivity contribution in [3.05, 3.63) is 48.5 Å². The van der Waals surface area contributed by atoms with Crippen LogP contribution in [0.1, 0.15) is 0 Å². The van der Waals surface area contributed by atoms with Crippen LogP contribution in [-0.4, -0.2) is 49.5 Å². The van der Waals surface area contributed by atoms with Crippen LogP contribution >= 0.6 is 0 Å². The molecule has 0 atom stereocenters. The molecule has 0 aliphatic rings. The van der Waals surface area contributed by atoms with Crippen molar-refractivity contribution in [3.8, 4) is 56.8 Å². The third kappa shape index (κ3) is 4.58. The standard InChI is InChI=1S/C23H23NO7/c1-28-20-13-17(14-4-7-16(25)8-5-14)23(29-2)22(27)21(20)15-6-9-19(18(26)12-15)31-11-10-24-30-3/h4-10,12-13,25-27H,11H2,1-3H3. The van der Waals surface area contributed by atoms with Gasteiger partial charge in [-0.2, -0.15) is 0 Å². The average molecular weight is 425 g/mol. The number of hydrogen-bond donors (Lipinski definition) is 3. The SMILES string of the molecule is CON=CCOc1ccc(-c2c(OC)cc(-c3ccc(O)cc3)c(OC)c2O)cc1O. The van der Waals surface area contributed by atoms with Gasteiger partial charge in [0.05, 0.1) is 26.0 Å². The Labute approximate surface area is 179 Å². The predicted molar refractivity (Wildman–Crippen MR) is 116 cm³/mol. The Morgan fingerprint density at radius 2 is 1.55 bits per heavy atom. The molecule has 0 fully saturated rings. The molecule has 0 amide bonds. The molecule has 8 heteroatoms. The molecule has 0 unspecified atom stereocenters. The summed E-state index contributed by atoms with van der Waals surface area (Å²) in [7, 11) is 4.35. The fraction of sp³-hybridized carbons (Fsp3) is 0.174. The Kier molecular flexibility index (Phi) is 6.71. The maximum Gasteiger partial charge on any atom is 0.170 e. The molecule has 3 N–H and O–H groups in total. The van der Waals surface area contributed by atoms with E-state index < -0.39 is 0 Å². The zero-order chi connectivity index (χ0) is 22.4. The summed E-state index contributed by atoms with van der Waals surface area (Å²) in [4.78, 5) is 4.56. The van der Waals surface area contributed by atoms with E-state index in [1.165, 1.54) is 33.6 Å². The first-order valence-electron chi connectivity index (χ1n) is 9.28. The van der Waals surface area contributed by atoms with Gasteiger partial charge in [-0.1, -0.05) is 23.4 Å². The van der Waals surface area contributed by atoms with Crippen LogP contribution in [0.4, 0.5) is 0 Å². The van der Waals surface area contributed by atoms with Gasteiger partial charge < -0.3 is 34.4 Å². The van der Waals surface area contributed by atoms with Crippen molar-refractivity contribution in [3.63, 3.8) is 0 Å². The van der Waals surface area contributed by atoms with E-state index in [4.69, 9.17) is 14.2 Å². The van der Waals surface area contributed by atoms with Crippen molar-refractivity contribution in [2.75, 3.05) is 27.9 Å². The molecule has 8 nitrogen and oxygen atoms in total.